The van der Waals surface area contributed by atoms with Crippen molar-refractivity contribution in [3.8, 4) is 0 Å². The Morgan fingerprint density at radius 1 is 0.652 bits per heavy atom. The molecule has 0 aliphatic carbocycles. The van der Waals surface area contributed by atoms with Crippen molar-refractivity contribution < 1.29 is 34.4 Å². The van der Waals surface area contributed by atoms with Crippen molar-refractivity contribution in [2.75, 3.05) is 6.54 Å². The van der Waals surface area contributed by atoms with Crippen molar-refractivity contribution in [1.82, 2.24) is 0 Å². The minimum absolute atomic E-state index is 0.0283. The molecular weight excluding hydrogens is 362 g/mol. The molecule has 0 unspecified atom stereocenters. The fraction of sp³-hybridized carbons (Fsp3) is 1.00. The first-order valence-corrected chi connectivity index (χ1v) is 10.5. The third-order valence-electron chi connectivity index (χ3n) is 3.37. The van der Waals surface area contributed by atoms with Gasteiger partial charge in [0.25, 0.3) is 0 Å². The Balaban J connectivity index is 4.59. The van der Waals surface area contributed by atoms with E-state index in [1.165, 1.54) is 0 Å². The summed E-state index contributed by atoms with van der Waals surface area (Å²) in [5, 5.41) is 0. The van der Waals surface area contributed by atoms with Gasteiger partial charge in [0, 0.05) is 0 Å². The molecule has 0 bridgehead atoms. The van der Waals surface area contributed by atoms with E-state index in [-0.39, 0.29) is 6.42 Å². The molecule has 0 saturated carbocycles. The fourth-order valence-corrected chi connectivity index (χ4v) is 5.53. The molecule has 0 heterocycles. The molecule has 0 spiro atoms. The predicted octanol–water partition coefficient (Wildman–Crippen LogP) is 2.67. The number of hydrogen-bond acceptors (Lipinski definition) is 5. The topological polar surface area (TPSA) is 94.3 Å². The Hall–Kier alpha value is -0.420. The van der Waals surface area contributed by atoms with Gasteiger partial charge in [-0.2, -0.15) is 17.6 Å². The molecule has 140 valence electrons. The smallest absolute Gasteiger partial charge is 0.330 e. The Bertz CT molecular complexity index is 485. The van der Waals surface area contributed by atoms with E-state index in [1.807, 2.05) is 0 Å². The molecule has 0 aliphatic heterocycles. The number of hydrogen-bond donors (Lipinski definition) is 1. The Kier molecular flexibility index (Phi) is 10.3. The van der Waals surface area contributed by atoms with Crippen LogP contribution in [-0.2, 0) is 19.7 Å². The van der Waals surface area contributed by atoms with Crippen LogP contribution in [0.4, 0.5) is 17.6 Å². The van der Waals surface area contributed by atoms with Crippen LogP contribution in [0.2, 0.25) is 0 Å². The van der Waals surface area contributed by atoms with Gasteiger partial charge in [0.1, 0.15) is 0 Å². The van der Waals surface area contributed by atoms with Gasteiger partial charge in [-0.3, -0.25) is 0 Å². The van der Waals surface area contributed by atoms with Gasteiger partial charge in [-0.15, -0.1) is 0 Å². The van der Waals surface area contributed by atoms with Gasteiger partial charge in [-0.25, -0.2) is 16.8 Å². The molecule has 0 aromatic heterocycles. The number of sulfone groups is 2. The first-order chi connectivity index (χ1) is 10.6. The number of nitrogens with two attached hydrogens (primary N) is 1. The summed E-state index contributed by atoms with van der Waals surface area (Å²) in [6.45, 7) is 0.582. The van der Waals surface area contributed by atoms with Gasteiger partial charge in [0.05, 0.1) is 0 Å². The Morgan fingerprint density at radius 3 is 1.35 bits per heavy atom. The summed E-state index contributed by atoms with van der Waals surface area (Å²) in [6.07, 6.45) is 3.75. The molecule has 11 heteroatoms. The highest BCUT2D eigenvalue weighted by atomic mass is 32.3. The number of alkyl halides is 4. The van der Waals surface area contributed by atoms with Crippen LogP contribution in [0.1, 0.15) is 51.4 Å². The van der Waals surface area contributed by atoms with Gasteiger partial charge in [0.15, 0.2) is 4.58 Å². The SMILES string of the molecule is NCCCCCCCCCC(S(=O)(=O)C(F)F)S(=O)(=O)C(F)F. The molecule has 0 radical (unpaired) electrons. The molecule has 0 fully saturated rings. The van der Waals surface area contributed by atoms with Gasteiger partial charge in [0.2, 0.25) is 19.7 Å². The molecule has 2 N–H and O–H groups in total. The first kappa shape index (κ1) is 22.6. The highest BCUT2D eigenvalue weighted by Crippen LogP contribution is 2.27. The third-order valence-corrected chi connectivity index (χ3v) is 7.91. The van der Waals surface area contributed by atoms with Gasteiger partial charge in [-0.1, -0.05) is 38.5 Å². The lowest BCUT2D eigenvalue weighted by molar-refractivity contribution is 0.228. The van der Waals surface area contributed by atoms with Crippen molar-refractivity contribution in [2.24, 2.45) is 5.73 Å². The zero-order valence-corrected chi connectivity index (χ0v) is 14.3. The maximum Gasteiger partial charge on any atom is 0.338 e. The van der Waals surface area contributed by atoms with Crippen LogP contribution in [-0.4, -0.2) is 39.5 Å². The summed E-state index contributed by atoms with van der Waals surface area (Å²) in [4.78, 5) is 0. The van der Waals surface area contributed by atoms with Crippen LogP contribution in [0.3, 0.4) is 0 Å². The lowest BCUT2D eigenvalue weighted by Crippen LogP contribution is -2.37. The van der Waals surface area contributed by atoms with E-state index in [4.69, 9.17) is 5.73 Å². The van der Waals surface area contributed by atoms with Gasteiger partial charge in [-0.05, 0) is 19.4 Å². The molecule has 0 aromatic carbocycles. The molecule has 0 aliphatic rings. The number of rotatable bonds is 13. The maximum absolute atomic E-state index is 12.5. The lowest BCUT2D eigenvalue weighted by atomic mass is 10.1. The van der Waals surface area contributed by atoms with Crippen LogP contribution < -0.4 is 5.73 Å². The van der Waals surface area contributed by atoms with E-state index in [0.29, 0.717) is 19.4 Å². The van der Waals surface area contributed by atoms with E-state index >= 15 is 0 Å². The van der Waals surface area contributed by atoms with E-state index < -0.39 is 42.2 Å². The molecule has 0 rings (SSSR count). The summed E-state index contributed by atoms with van der Waals surface area (Å²) >= 11 is 0. The Labute approximate surface area is 134 Å². The Morgan fingerprint density at radius 2 is 1.00 bits per heavy atom. The van der Waals surface area contributed by atoms with Crippen LogP contribution in [0, 0.1) is 0 Å². The standard InChI is InChI=1S/C12H23F4NO4S2/c13-11(14)22(18,19)10(23(20,21)12(15)16)8-6-4-2-1-3-5-7-9-17/h10-12H,1-9,17H2. The summed E-state index contributed by atoms with van der Waals surface area (Å²) in [7, 11) is -10.9. The molecule has 23 heavy (non-hydrogen) atoms. The summed E-state index contributed by atoms with van der Waals surface area (Å²) in [5.41, 5.74) is 5.32. The van der Waals surface area contributed by atoms with Crippen LogP contribution >= 0.6 is 0 Å². The van der Waals surface area contributed by atoms with Crippen molar-refractivity contribution in [3.05, 3.63) is 0 Å². The number of halogens is 4. The first-order valence-electron chi connectivity index (χ1n) is 7.30. The minimum atomic E-state index is -5.46. The van der Waals surface area contributed by atoms with Crippen molar-refractivity contribution in [1.29, 1.82) is 0 Å². The van der Waals surface area contributed by atoms with Crippen LogP contribution in [0.25, 0.3) is 0 Å². The molecule has 0 aromatic rings. The highest BCUT2D eigenvalue weighted by molar-refractivity contribution is 8.09. The molecule has 0 amide bonds. The zero-order valence-electron chi connectivity index (χ0n) is 12.6. The van der Waals surface area contributed by atoms with Crippen LogP contribution in [0.15, 0.2) is 0 Å². The van der Waals surface area contributed by atoms with E-state index in [0.717, 1.165) is 25.7 Å². The summed E-state index contributed by atoms with van der Waals surface area (Å²) < 4.78 is 92.6. The second kappa shape index (κ2) is 10.4. The van der Waals surface area contributed by atoms with Gasteiger partial charge >= 0.3 is 11.5 Å². The molecular formula is C12H23F4NO4S2. The van der Waals surface area contributed by atoms with E-state index in [9.17, 15) is 34.4 Å². The highest BCUT2D eigenvalue weighted by Gasteiger charge is 2.47. The molecule has 5 nitrogen and oxygen atoms in total. The monoisotopic (exact) mass is 385 g/mol. The fourth-order valence-electron chi connectivity index (χ4n) is 2.08. The van der Waals surface area contributed by atoms with Crippen LogP contribution in [0.5, 0.6) is 0 Å². The second-order valence-corrected chi connectivity index (χ2v) is 9.69. The minimum Gasteiger partial charge on any atom is -0.330 e. The largest absolute Gasteiger partial charge is 0.338 e. The quantitative estimate of drug-likeness (QED) is 0.389. The molecule has 0 atom stereocenters. The summed E-state index contributed by atoms with van der Waals surface area (Å²) in [6, 6.07) is 0. The van der Waals surface area contributed by atoms with Crippen molar-refractivity contribution in [2.45, 2.75) is 67.5 Å². The van der Waals surface area contributed by atoms with E-state index in [2.05, 4.69) is 0 Å². The summed E-state index contributed by atoms with van der Waals surface area (Å²) in [5.74, 6) is -8.01. The molecule has 0 saturated heterocycles. The van der Waals surface area contributed by atoms with E-state index in [1.54, 1.807) is 0 Å². The van der Waals surface area contributed by atoms with Crippen molar-refractivity contribution >= 4 is 19.7 Å². The maximum atomic E-state index is 12.5. The normalized spacial score (nSPS) is 13.4. The van der Waals surface area contributed by atoms with Crippen molar-refractivity contribution in [3.63, 3.8) is 0 Å². The second-order valence-electron chi connectivity index (χ2n) is 5.18. The average molecular weight is 385 g/mol. The lowest BCUT2D eigenvalue weighted by Gasteiger charge is -2.17. The van der Waals surface area contributed by atoms with Gasteiger partial charge < -0.3 is 5.73 Å². The third kappa shape index (κ3) is 7.34. The average Bonchev–Trinajstić information content (AvgIpc) is 2.44. The zero-order chi connectivity index (χ0) is 18.1. The predicted molar refractivity (Wildman–Crippen MR) is 79.6 cm³/mol. The number of unbranched alkanes of at least 4 members (excludes halogenated alkanes) is 6.